The highest BCUT2D eigenvalue weighted by atomic mass is 32.1. The molecule has 0 aliphatic rings. The molecule has 0 saturated heterocycles. The second-order valence-electron chi connectivity index (χ2n) is 5.85. The minimum absolute atomic E-state index is 0.0411. The number of anilines is 4. The smallest absolute Gasteiger partial charge is 0.270 e. The minimum Gasteiger partial charge on any atom is -0.397 e. The average Bonchev–Trinajstić information content (AvgIpc) is 2.97. The Balaban J connectivity index is 0.000000194. The molecule has 0 saturated carbocycles. The van der Waals surface area contributed by atoms with Crippen LogP contribution < -0.4 is 21.7 Å². The molecule has 3 aromatic rings. The second kappa shape index (κ2) is 8.32. The van der Waals surface area contributed by atoms with Gasteiger partial charge in [0.15, 0.2) is 0 Å². The van der Waals surface area contributed by atoms with Gasteiger partial charge >= 0.3 is 0 Å². The molecular formula is C17H20N6O3S. The highest BCUT2D eigenvalue weighted by Crippen LogP contribution is 2.28. The summed E-state index contributed by atoms with van der Waals surface area (Å²) in [4.78, 5) is 22.8. The molecule has 10 heteroatoms. The van der Waals surface area contributed by atoms with Gasteiger partial charge in [0.1, 0.15) is 5.00 Å². The van der Waals surface area contributed by atoms with Gasteiger partial charge in [0, 0.05) is 44.2 Å². The summed E-state index contributed by atoms with van der Waals surface area (Å²) in [5, 5.41) is 14.3. The second-order valence-corrected chi connectivity index (χ2v) is 6.66. The van der Waals surface area contributed by atoms with Crippen LogP contribution in [0.15, 0.2) is 36.4 Å². The third-order valence-corrected chi connectivity index (χ3v) is 4.27. The molecule has 1 aromatic heterocycles. The predicted octanol–water partition coefficient (Wildman–Crippen LogP) is 3.08. The van der Waals surface area contributed by atoms with Crippen molar-refractivity contribution in [3.63, 3.8) is 0 Å². The molecule has 0 fully saturated rings. The summed E-state index contributed by atoms with van der Waals surface area (Å²) in [5.74, 6) is -0.118. The summed E-state index contributed by atoms with van der Waals surface area (Å²) < 4.78 is 4.01. The number of fused-ring (bicyclic) bond motifs is 1. The van der Waals surface area contributed by atoms with Gasteiger partial charge in [-0.2, -0.15) is 4.37 Å². The number of nitro benzene ring substituents is 1. The number of nitro groups is 1. The quantitative estimate of drug-likeness (QED) is 0.356. The Bertz CT molecular complexity index is 986. The number of nitrogens with one attached hydrogen (secondary N) is 1. The molecule has 0 atom stereocenters. The van der Waals surface area contributed by atoms with Gasteiger partial charge in [0.2, 0.25) is 5.91 Å². The molecule has 1 amide bonds. The number of hydrogen-bond acceptors (Lipinski definition) is 8. The number of nitrogens with two attached hydrogens (primary N) is 2. The van der Waals surface area contributed by atoms with Gasteiger partial charge in [0.25, 0.3) is 5.69 Å². The largest absolute Gasteiger partial charge is 0.397 e. The Hall–Kier alpha value is -3.40. The van der Waals surface area contributed by atoms with E-state index in [-0.39, 0.29) is 11.6 Å². The summed E-state index contributed by atoms with van der Waals surface area (Å²) in [7, 11) is 3.87. The Kier molecular flexibility index (Phi) is 6.14. The van der Waals surface area contributed by atoms with Crippen LogP contribution in [0.1, 0.15) is 6.92 Å². The van der Waals surface area contributed by atoms with E-state index < -0.39 is 4.92 Å². The molecule has 9 nitrogen and oxygen atoms in total. The van der Waals surface area contributed by atoms with Crippen LogP contribution in [0, 0.1) is 10.1 Å². The average molecular weight is 388 g/mol. The van der Waals surface area contributed by atoms with E-state index in [1.54, 1.807) is 12.1 Å². The van der Waals surface area contributed by atoms with Crippen molar-refractivity contribution in [2.75, 3.05) is 35.8 Å². The van der Waals surface area contributed by atoms with E-state index in [2.05, 4.69) is 9.69 Å². The number of nitrogens with zero attached hydrogens (tertiary/aromatic N) is 3. The molecule has 0 unspecified atom stereocenters. The lowest BCUT2D eigenvalue weighted by atomic mass is 10.2. The molecular weight excluding hydrogens is 368 g/mol. The number of amides is 1. The molecule has 5 N–H and O–H groups in total. The molecule has 2 aromatic carbocycles. The van der Waals surface area contributed by atoms with Crippen LogP contribution in [-0.2, 0) is 4.79 Å². The lowest BCUT2D eigenvalue weighted by molar-refractivity contribution is -0.384. The standard InChI is InChI=1S/C10H15N3O.C7H5N3O2S/c1-7(14)12-10-6-8(13(2)3)4-5-9(10)11;8-7-5-3-4(10(11)12)1-2-6(5)9-13-7/h4-6H,11H2,1-3H3,(H,12,14);1-3H,8H2. The van der Waals surface area contributed by atoms with E-state index in [0.717, 1.165) is 17.2 Å². The number of non-ortho nitro benzene ring substituents is 1. The van der Waals surface area contributed by atoms with Gasteiger partial charge in [-0.25, -0.2) is 0 Å². The van der Waals surface area contributed by atoms with Gasteiger partial charge in [-0.3, -0.25) is 14.9 Å². The highest BCUT2D eigenvalue weighted by molar-refractivity contribution is 7.11. The third kappa shape index (κ3) is 5.05. The van der Waals surface area contributed by atoms with Crippen molar-refractivity contribution in [3.8, 4) is 0 Å². The topological polar surface area (TPSA) is 140 Å². The van der Waals surface area contributed by atoms with Gasteiger partial charge in [0.05, 0.1) is 21.8 Å². The van der Waals surface area contributed by atoms with Crippen molar-refractivity contribution in [1.82, 2.24) is 4.37 Å². The van der Waals surface area contributed by atoms with Gasteiger partial charge < -0.3 is 21.7 Å². The molecule has 0 bridgehead atoms. The van der Waals surface area contributed by atoms with Crippen LogP contribution in [0.25, 0.3) is 10.9 Å². The Morgan fingerprint density at radius 2 is 1.93 bits per heavy atom. The first kappa shape index (κ1) is 19.9. The Labute approximate surface area is 159 Å². The zero-order chi connectivity index (χ0) is 20.1. The lowest BCUT2D eigenvalue weighted by Gasteiger charge is -2.15. The van der Waals surface area contributed by atoms with Gasteiger partial charge in [-0.15, -0.1) is 0 Å². The fourth-order valence-corrected chi connectivity index (χ4v) is 2.80. The zero-order valence-corrected chi connectivity index (χ0v) is 15.9. The zero-order valence-electron chi connectivity index (χ0n) is 15.1. The number of nitrogen functional groups attached to an aromatic ring is 2. The van der Waals surface area contributed by atoms with Crippen molar-refractivity contribution in [2.45, 2.75) is 6.92 Å². The van der Waals surface area contributed by atoms with E-state index >= 15 is 0 Å². The molecule has 142 valence electrons. The van der Waals surface area contributed by atoms with E-state index in [0.29, 0.717) is 27.3 Å². The first-order valence-electron chi connectivity index (χ1n) is 7.82. The maximum absolute atomic E-state index is 10.9. The van der Waals surface area contributed by atoms with E-state index in [9.17, 15) is 14.9 Å². The fourth-order valence-electron chi connectivity index (χ4n) is 2.18. The molecule has 0 aliphatic heterocycles. The monoisotopic (exact) mass is 388 g/mol. The third-order valence-electron chi connectivity index (χ3n) is 3.56. The van der Waals surface area contributed by atoms with Crippen LogP contribution in [0.5, 0.6) is 0 Å². The van der Waals surface area contributed by atoms with E-state index in [4.69, 9.17) is 11.5 Å². The Morgan fingerprint density at radius 3 is 2.52 bits per heavy atom. The molecule has 27 heavy (non-hydrogen) atoms. The van der Waals surface area contributed by atoms with Crippen molar-refractivity contribution in [2.24, 2.45) is 0 Å². The summed E-state index contributed by atoms with van der Waals surface area (Å²) in [6, 6.07) is 9.98. The molecule has 3 rings (SSSR count). The molecule has 1 heterocycles. The summed E-state index contributed by atoms with van der Waals surface area (Å²) >= 11 is 1.14. The Morgan fingerprint density at radius 1 is 1.22 bits per heavy atom. The SMILES string of the molecule is CC(=O)Nc1cc(N(C)C)ccc1N.Nc1snc2ccc([N+](=O)[O-])cc12. The number of benzene rings is 2. The van der Waals surface area contributed by atoms with Crippen molar-refractivity contribution < 1.29 is 9.72 Å². The predicted molar refractivity (Wildman–Crippen MR) is 110 cm³/mol. The number of carbonyl (C=O) groups excluding carboxylic acids is 1. The first-order valence-corrected chi connectivity index (χ1v) is 8.60. The van der Waals surface area contributed by atoms with Crippen molar-refractivity contribution in [3.05, 3.63) is 46.5 Å². The van der Waals surface area contributed by atoms with Gasteiger partial charge in [-0.05, 0) is 35.8 Å². The maximum atomic E-state index is 10.9. The normalized spacial score (nSPS) is 10.0. The first-order chi connectivity index (χ1) is 12.7. The molecule has 0 aliphatic carbocycles. The maximum Gasteiger partial charge on any atom is 0.270 e. The van der Waals surface area contributed by atoms with E-state index in [1.165, 1.54) is 19.1 Å². The van der Waals surface area contributed by atoms with Gasteiger partial charge in [-0.1, -0.05) is 0 Å². The lowest BCUT2D eigenvalue weighted by Crippen LogP contribution is -2.12. The molecule has 0 spiro atoms. The number of rotatable bonds is 3. The van der Waals surface area contributed by atoms with Crippen LogP contribution in [0.3, 0.4) is 0 Å². The summed E-state index contributed by atoms with van der Waals surface area (Å²) in [5.41, 5.74) is 14.3. The van der Waals surface area contributed by atoms with Crippen LogP contribution in [0.4, 0.5) is 27.8 Å². The highest BCUT2D eigenvalue weighted by Gasteiger charge is 2.09. The number of aromatic nitrogens is 1. The molecule has 0 radical (unpaired) electrons. The summed E-state index contributed by atoms with van der Waals surface area (Å²) in [6.07, 6.45) is 0. The fraction of sp³-hybridized carbons (Fsp3) is 0.176. The minimum atomic E-state index is -0.448. The number of carbonyl (C=O) groups is 1. The van der Waals surface area contributed by atoms with Crippen LogP contribution in [0.2, 0.25) is 0 Å². The van der Waals surface area contributed by atoms with Crippen molar-refractivity contribution >= 4 is 56.1 Å². The van der Waals surface area contributed by atoms with E-state index in [1.807, 2.05) is 31.1 Å². The van der Waals surface area contributed by atoms with Crippen LogP contribution in [-0.4, -0.2) is 29.3 Å². The van der Waals surface area contributed by atoms with Crippen molar-refractivity contribution in [1.29, 1.82) is 0 Å². The number of hydrogen-bond donors (Lipinski definition) is 3. The summed E-state index contributed by atoms with van der Waals surface area (Å²) in [6.45, 7) is 1.46. The van der Waals surface area contributed by atoms with Crippen LogP contribution >= 0.6 is 11.5 Å².